The number of aliphatic imine (C=N–C) groups is 1. The number of nitrogens with zero attached hydrogens (tertiary/aromatic N) is 1. The van der Waals surface area contributed by atoms with Gasteiger partial charge in [0.15, 0.2) is 5.96 Å². The molecule has 0 heterocycles. The molecule has 1 rings (SSSR count). The molecule has 0 aromatic heterocycles. The average Bonchev–Trinajstić information content (AvgIpc) is 2.63. The van der Waals surface area contributed by atoms with Crippen LogP contribution in [0.2, 0.25) is 0 Å². The van der Waals surface area contributed by atoms with Crippen molar-refractivity contribution in [2.75, 3.05) is 26.2 Å². The van der Waals surface area contributed by atoms with Crippen molar-refractivity contribution in [3.05, 3.63) is 35.4 Å². The van der Waals surface area contributed by atoms with E-state index < -0.39 is 6.10 Å². The summed E-state index contributed by atoms with van der Waals surface area (Å²) < 4.78 is 0. The van der Waals surface area contributed by atoms with Gasteiger partial charge >= 0.3 is 0 Å². The Morgan fingerprint density at radius 2 is 1.71 bits per heavy atom. The van der Waals surface area contributed by atoms with Crippen molar-refractivity contribution < 1.29 is 9.90 Å². The molecular weight excluding hydrogens is 467 g/mol. The van der Waals surface area contributed by atoms with Crippen LogP contribution in [-0.4, -0.2) is 43.2 Å². The molecule has 0 aliphatic heterocycles. The summed E-state index contributed by atoms with van der Waals surface area (Å²) in [4.78, 5) is 16.1. The van der Waals surface area contributed by atoms with Crippen molar-refractivity contribution in [2.45, 2.75) is 59.0 Å². The lowest BCUT2D eigenvalue weighted by Crippen LogP contribution is -2.39. The van der Waals surface area contributed by atoms with Crippen molar-refractivity contribution in [1.29, 1.82) is 0 Å². The average molecular weight is 504 g/mol. The molecule has 0 fully saturated rings. The Morgan fingerprint density at radius 3 is 2.25 bits per heavy atom. The highest BCUT2D eigenvalue weighted by atomic mass is 127. The highest BCUT2D eigenvalue weighted by Gasteiger charge is 2.14. The third kappa shape index (κ3) is 10.3. The van der Waals surface area contributed by atoms with E-state index in [1.807, 2.05) is 26.0 Å². The normalized spacial score (nSPS) is 12.7. The van der Waals surface area contributed by atoms with Crippen molar-refractivity contribution in [2.24, 2.45) is 4.99 Å². The van der Waals surface area contributed by atoms with Gasteiger partial charge < -0.3 is 21.1 Å². The lowest BCUT2D eigenvalue weighted by Gasteiger charge is -2.20. The first kappa shape index (κ1) is 26.6. The van der Waals surface area contributed by atoms with E-state index in [-0.39, 0.29) is 41.8 Å². The van der Waals surface area contributed by atoms with E-state index in [2.05, 4.69) is 53.8 Å². The molecule has 1 aromatic rings. The molecule has 0 saturated carbocycles. The molecule has 160 valence electrons. The van der Waals surface area contributed by atoms with E-state index in [0.29, 0.717) is 32.0 Å². The number of aliphatic hydroxyl groups is 1. The van der Waals surface area contributed by atoms with E-state index in [0.717, 1.165) is 12.0 Å². The molecule has 4 N–H and O–H groups in total. The van der Waals surface area contributed by atoms with Gasteiger partial charge in [0.1, 0.15) is 0 Å². The minimum atomic E-state index is -0.665. The number of rotatable bonds is 9. The second-order valence-corrected chi connectivity index (χ2v) is 7.63. The second kappa shape index (κ2) is 13.8. The molecule has 1 atom stereocenters. The molecule has 7 heteroatoms. The number of hydrogen-bond donors (Lipinski definition) is 4. The molecule has 0 bridgehead atoms. The van der Waals surface area contributed by atoms with Gasteiger partial charge in [0.25, 0.3) is 0 Å². The Hall–Kier alpha value is -1.35. The molecule has 0 aliphatic rings. The largest absolute Gasteiger partial charge is 0.386 e. The maximum absolute atomic E-state index is 11.6. The van der Waals surface area contributed by atoms with E-state index >= 15 is 0 Å². The molecule has 1 aromatic carbocycles. The molecule has 6 nitrogen and oxygen atoms in total. The monoisotopic (exact) mass is 504 g/mol. The predicted octanol–water partition coefficient (Wildman–Crippen LogP) is 3.11. The van der Waals surface area contributed by atoms with Gasteiger partial charge in [-0.05, 0) is 29.9 Å². The second-order valence-electron chi connectivity index (χ2n) is 7.63. The van der Waals surface area contributed by atoms with Crippen molar-refractivity contribution in [3.63, 3.8) is 0 Å². The van der Waals surface area contributed by atoms with Gasteiger partial charge in [0.2, 0.25) is 5.91 Å². The van der Waals surface area contributed by atoms with Gasteiger partial charge in [0, 0.05) is 26.1 Å². The van der Waals surface area contributed by atoms with Crippen LogP contribution in [0, 0.1) is 0 Å². The fourth-order valence-electron chi connectivity index (χ4n) is 2.48. The number of carbonyl (C=O) groups excluding carboxylic acids is 1. The Labute approximate surface area is 187 Å². The first-order valence-corrected chi connectivity index (χ1v) is 9.85. The van der Waals surface area contributed by atoms with Gasteiger partial charge in [-0.25, -0.2) is 0 Å². The van der Waals surface area contributed by atoms with Crippen LogP contribution in [0.15, 0.2) is 29.3 Å². The summed E-state index contributed by atoms with van der Waals surface area (Å²) in [5, 5.41) is 19.5. The number of guanidine groups is 1. The standard InChI is InChI=1S/C21H36N4O2.HI/c1-6-13-23-19(27)12-14-24-20(22-7-2)25-15-18(26)16-8-10-17(11-9-16)21(3,4)5;/h8-11,18,26H,6-7,12-15H2,1-5H3,(H,23,27)(H2,22,24,25);1H. The van der Waals surface area contributed by atoms with Crippen molar-refractivity contribution in [3.8, 4) is 0 Å². The van der Waals surface area contributed by atoms with Crippen LogP contribution < -0.4 is 16.0 Å². The maximum Gasteiger partial charge on any atom is 0.221 e. The molecule has 28 heavy (non-hydrogen) atoms. The predicted molar refractivity (Wildman–Crippen MR) is 127 cm³/mol. The summed E-state index contributed by atoms with van der Waals surface area (Å²) in [6, 6.07) is 8.03. The minimum Gasteiger partial charge on any atom is -0.386 e. The van der Waals surface area contributed by atoms with Crippen LogP contribution in [0.25, 0.3) is 0 Å². The molecule has 0 radical (unpaired) electrons. The van der Waals surface area contributed by atoms with Gasteiger partial charge in [-0.3, -0.25) is 9.79 Å². The van der Waals surface area contributed by atoms with E-state index in [1.54, 1.807) is 0 Å². The highest BCUT2D eigenvalue weighted by molar-refractivity contribution is 14.0. The summed E-state index contributed by atoms with van der Waals surface area (Å²) >= 11 is 0. The smallest absolute Gasteiger partial charge is 0.221 e. The van der Waals surface area contributed by atoms with E-state index in [9.17, 15) is 9.90 Å². The third-order valence-electron chi connectivity index (χ3n) is 4.14. The molecule has 0 saturated heterocycles. The van der Waals surface area contributed by atoms with Gasteiger partial charge in [0.05, 0.1) is 12.6 Å². The summed E-state index contributed by atoms with van der Waals surface area (Å²) in [6.45, 7) is 12.7. The topological polar surface area (TPSA) is 85.8 Å². The zero-order chi connectivity index (χ0) is 20.3. The van der Waals surface area contributed by atoms with E-state index in [4.69, 9.17) is 0 Å². The number of nitrogens with one attached hydrogen (secondary N) is 3. The van der Waals surface area contributed by atoms with Crippen LogP contribution in [0.1, 0.15) is 64.7 Å². The SMILES string of the molecule is CCCNC(=O)CCNC(=NCC(O)c1ccc(C(C)(C)C)cc1)NCC.I. The van der Waals surface area contributed by atoms with Gasteiger partial charge in [-0.15, -0.1) is 24.0 Å². The lowest BCUT2D eigenvalue weighted by molar-refractivity contribution is -0.120. The summed E-state index contributed by atoms with van der Waals surface area (Å²) in [7, 11) is 0. The molecule has 0 aliphatic carbocycles. The first-order chi connectivity index (χ1) is 12.8. The summed E-state index contributed by atoms with van der Waals surface area (Å²) in [5.41, 5.74) is 2.17. The van der Waals surface area contributed by atoms with Crippen LogP contribution in [0.3, 0.4) is 0 Å². The summed E-state index contributed by atoms with van der Waals surface area (Å²) in [6.07, 6.45) is 0.654. The molecule has 0 spiro atoms. The zero-order valence-electron chi connectivity index (χ0n) is 17.8. The number of aliphatic hydroxyl groups excluding tert-OH is 1. The number of carbonyl (C=O) groups is 1. The van der Waals surface area contributed by atoms with Crippen LogP contribution >= 0.6 is 24.0 Å². The fourth-order valence-corrected chi connectivity index (χ4v) is 2.48. The minimum absolute atomic E-state index is 0. The lowest BCUT2D eigenvalue weighted by atomic mass is 9.86. The Kier molecular flexibility index (Phi) is 13.1. The van der Waals surface area contributed by atoms with Crippen LogP contribution in [0.5, 0.6) is 0 Å². The quantitative estimate of drug-likeness (QED) is 0.237. The van der Waals surface area contributed by atoms with Crippen LogP contribution in [-0.2, 0) is 10.2 Å². The number of hydrogen-bond acceptors (Lipinski definition) is 3. The molecular formula is C21H37IN4O2. The highest BCUT2D eigenvalue weighted by Crippen LogP contribution is 2.24. The Morgan fingerprint density at radius 1 is 1.07 bits per heavy atom. The Balaban J connectivity index is 0.00000729. The number of benzene rings is 1. The molecule has 1 amide bonds. The van der Waals surface area contributed by atoms with Gasteiger partial charge in [-0.1, -0.05) is 52.0 Å². The zero-order valence-corrected chi connectivity index (χ0v) is 20.2. The Bertz CT molecular complexity index is 597. The number of amides is 1. The summed E-state index contributed by atoms with van der Waals surface area (Å²) in [5.74, 6) is 0.630. The number of halogens is 1. The molecule has 1 unspecified atom stereocenters. The van der Waals surface area contributed by atoms with Gasteiger partial charge in [-0.2, -0.15) is 0 Å². The third-order valence-corrected chi connectivity index (χ3v) is 4.14. The van der Waals surface area contributed by atoms with Crippen molar-refractivity contribution in [1.82, 2.24) is 16.0 Å². The first-order valence-electron chi connectivity index (χ1n) is 9.85. The fraction of sp³-hybridized carbons (Fsp3) is 0.619. The van der Waals surface area contributed by atoms with Crippen LogP contribution in [0.4, 0.5) is 0 Å². The maximum atomic E-state index is 11.6. The van der Waals surface area contributed by atoms with Crippen molar-refractivity contribution >= 4 is 35.8 Å². The van der Waals surface area contributed by atoms with E-state index in [1.165, 1.54) is 5.56 Å².